The van der Waals surface area contributed by atoms with Crippen LogP contribution in [0.4, 0.5) is 5.69 Å². The van der Waals surface area contributed by atoms with E-state index in [0.717, 1.165) is 10.0 Å². The van der Waals surface area contributed by atoms with Crippen LogP contribution >= 0.6 is 15.9 Å². The van der Waals surface area contributed by atoms with Gasteiger partial charge in [-0.05, 0) is 23.8 Å². The lowest BCUT2D eigenvalue weighted by Gasteiger charge is -2.09. The third-order valence-corrected chi connectivity index (χ3v) is 2.94. The van der Waals surface area contributed by atoms with Crippen molar-refractivity contribution in [3.63, 3.8) is 0 Å². The molecule has 0 aliphatic heterocycles. The topological polar surface area (TPSA) is 85.4 Å². The summed E-state index contributed by atoms with van der Waals surface area (Å²) in [5, 5.41) is 8.94. The second kappa shape index (κ2) is 5.71. The Morgan fingerprint density at radius 3 is 2.89 bits per heavy atom. The zero-order valence-corrected chi connectivity index (χ0v) is 11.4. The maximum Gasteiger partial charge on any atom is 0.338 e. The Hall–Kier alpha value is -2.08. The second-order valence-corrected chi connectivity index (χ2v) is 4.72. The normalized spacial score (nSPS) is 10.2. The van der Waals surface area contributed by atoms with Gasteiger partial charge in [-0.3, -0.25) is 0 Å². The number of hydrogen-bond acceptors (Lipinski definition) is 4. The molecule has 98 valence electrons. The van der Waals surface area contributed by atoms with E-state index in [4.69, 9.17) is 15.6 Å². The molecule has 19 heavy (non-hydrogen) atoms. The smallest absolute Gasteiger partial charge is 0.338 e. The van der Waals surface area contributed by atoms with Crippen molar-refractivity contribution in [1.82, 2.24) is 4.98 Å². The highest BCUT2D eigenvalue weighted by atomic mass is 79.9. The van der Waals surface area contributed by atoms with Crippen LogP contribution in [-0.4, -0.2) is 16.1 Å². The maximum absolute atomic E-state index is 10.9. The molecule has 0 aliphatic rings. The summed E-state index contributed by atoms with van der Waals surface area (Å²) < 4.78 is 6.39. The minimum Gasteiger partial charge on any atom is -0.478 e. The van der Waals surface area contributed by atoms with Gasteiger partial charge >= 0.3 is 5.97 Å². The summed E-state index contributed by atoms with van der Waals surface area (Å²) in [4.78, 5) is 14.9. The van der Waals surface area contributed by atoms with Gasteiger partial charge in [0.2, 0.25) is 5.88 Å². The molecule has 0 aliphatic carbocycles. The van der Waals surface area contributed by atoms with E-state index in [-0.39, 0.29) is 23.7 Å². The molecular weight excluding hydrogens is 312 g/mol. The van der Waals surface area contributed by atoms with Crippen LogP contribution in [0.25, 0.3) is 0 Å². The van der Waals surface area contributed by atoms with Gasteiger partial charge in [-0.25, -0.2) is 9.78 Å². The van der Waals surface area contributed by atoms with Gasteiger partial charge in [-0.2, -0.15) is 0 Å². The highest BCUT2D eigenvalue weighted by Crippen LogP contribution is 2.23. The number of carboxylic acids is 1. The van der Waals surface area contributed by atoms with Crippen LogP contribution < -0.4 is 10.5 Å². The number of nitrogen functional groups attached to an aromatic ring is 1. The Morgan fingerprint density at radius 1 is 1.42 bits per heavy atom. The number of nitrogens with two attached hydrogens (primary N) is 1. The fourth-order valence-electron chi connectivity index (χ4n) is 1.53. The largest absolute Gasteiger partial charge is 0.478 e. The molecule has 0 atom stereocenters. The van der Waals surface area contributed by atoms with E-state index in [1.165, 1.54) is 12.3 Å². The van der Waals surface area contributed by atoms with E-state index in [9.17, 15) is 4.79 Å². The van der Waals surface area contributed by atoms with Crippen LogP contribution in [0.15, 0.2) is 41.0 Å². The van der Waals surface area contributed by atoms with Gasteiger partial charge in [0.05, 0.1) is 5.56 Å². The van der Waals surface area contributed by atoms with Crippen molar-refractivity contribution in [3.8, 4) is 5.88 Å². The van der Waals surface area contributed by atoms with Gasteiger partial charge in [0, 0.05) is 10.7 Å². The molecule has 0 saturated carbocycles. The molecule has 1 heterocycles. The molecule has 1 aromatic heterocycles. The zero-order chi connectivity index (χ0) is 13.8. The number of ether oxygens (including phenoxy) is 1. The Bertz CT molecular complexity index is 617. The fraction of sp³-hybridized carbons (Fsp3) is 0.0769. The molecule has 3 N–H and O–H groups in total. The molecule has 2 aromatic rings. The van der Waals surface area contributed by atoms with E-state index in [1.807, 2.05) is 24.3 Å². The van der Waals surface area contributed by atoms with Crippen molar-refractivity contribution in [1.29, 1.82) is 0 Å². The molecule has 0 bridgehead atoms. The van der Waals surface area contributed by atoms with E-state index >= 15 is 0 Å². The summed E-state index contributed by atoms with van der Waals surface area (Å²) in [6.07, 6.45) is 1.36. The van der Waals surface area contributed by atoms with Crippen molar-refractivity contribution < 1.29 is 14.6 Å². The van der Waals surface area contributed by atoms with Crippen LogP contribution in [-0.2, 0) is 6.61 Å². The summed E-state index contributed by atoms with van der Waals surface area (Å²) in [5.41, 5.74) is 6.65. The Labute approximate surface area is 118 Å². The van der Waals surface area contributed by atoms with Crippen LogP contribution in [0.3, 0.4) is 0 Å². The number of pyridine rings is 1. The average molecular weight is 323 g/mol. The molecule has 0 spiro atoms. The predicted octanol–water partition coefficient (Wildman–Crippen LogP) is 2.70. The van der Waals surface area contributed by atoms with Crippen LogP contribution in [0.2, 0.25) is 0 Å². The molecule has 5 nitrogen and oxygen atoms in total. The van der Waals surface area contributed by atoms with Gasteiger partial charge in [-0.15, -0.1) is 0 Å². The number of nitrogens with zero attached hydrogens (tertiary/aromatic N) is 1. The van der Waals surface area contributed by atoms with Gasteiger partial charge in [0.15, 0.2) is 0 Å². The molecule has 0 saturated heterocycles. The van der Waals surface area contributed by atoms with Crippen LogP contribution in [0, 0.1) is 0 Å². The van der Waals surface area contributed by atoms with Gasteiger partial charge in [0.25, 0.3) is 0 Å². The Morgan fingerprint density at radius 2 is 2.21 bits per heavy atom. The van der Waals surface area contributed by atoms with E-state index in [1.54, 1.807) is 0 Å². The summed E-state index contributed by atoms with van der Waals surface area (Å²) in [5.74, 6) is -0.980. The molecule has 2 rings (SSSR count). The number of rotatable bonds is 4. The van der Waals surface area contributed by atoms with Gasteiger partial charge in [0.1, 0.15) is 12.3 Å². The summed E-state index contributed by atoms with van der Waals surface area (Å²) in [6.45, 7) is 0.264. The highest BCUT2D eigenvalue weighted by molar-refractivity contribution is 9.10. The number of anilines is 1. The highest BCUT2D eigenvalue weighted by Gasteiger charge is 2.13. The van der Waals surface area contributed by atoms with Gasteiger partial charge < -0.3 is 15.6 Å². The molecule has 6 heteroatoms. The quantitative estimate of drug-likeness (QED) is 0.903. The molecule has 1 aromatic carbocycles. The first-order valence-corrected chi connectivity index (χ1v) is 6.22. The minimum absolute atomic E-state index is 0.0146. The summed E-state index contributed by atoms with van der Waals surface area (Å²) >= 11 is 3.36. The summed E-state index contributed by atoms with van der Waals surface area (Å²) in [6, 6.07) is 8.91. The zero-order valence-electron chi connectivity index (χ0n) is 9.84. The van der Waals surface area contributed by atoms with Crippen molar-refractivity contribution in [3.05, 3.63) is 52.1 Å². The standard InChI is InChI=1S/C13H11BrN2O3/c14-9-3-1-2-8(6-9)7-19-12-11(15)10(13(17)18)4-5-16-12/h1-6H,7,15H2,(H,17,18). The molecule has 0 fully saturated rings. The number of aromatic carboxylic acids is 1. The lowest BCUT2D eigenvalue weighted by molar-refractivity contribution is 0.0697. The number of aromatic nitrogens is 1. The summed E-state index contributed by atoms with van der Waals surface area (Å²) in [7, 11) is 0. The third kappa shape index (κ3) is 3.23. The number of carbonyl (C=O) groups is 1. The van der Waals surface area contributed by atoms with Gasteiger partial charge in [-0.1, -0.05) is 28.1 Å². The van der Waals surface area contributed by atoms with Crippen molar-refractivity contribution in [2.45, 2.75) is 6.61 Å². The first-order chi connectivity index (χ1) is 9.08. The lowest BCUT2D eigenvalue weighted by atomic mass is 10.2. The Balaban J connectivity index is 2.16. The number of benzene rings is 1. The van der Waals surface area contributed by atoms with Crippen LogP contribution in [0.1, 0.15) is 15.9 Å². The average Bonchev–Trinajstić information content (AvgIpc) is 2.37. The van der Waals surface area contributed by atoms with Crippen molar-refractivity contribution >= 4 is 27.6 Å². The van der Waals surface area contributed by atoms with E-state index < -0.39 is 5.97 Å². The van der Waals surface area contributed by atoms with E-state index in [2.05, 4.69) is 20.9 Å². The third-order valence-electron chi connectivity index (χ3n) is 2.45. The SMILES string of the molecule is Nc1c(C(=O)O)ccnc1OCc1cccc(Br)c1. The number of halogens is 1. The molecule has 0 amide bonds. The van der Waals surface area contributed by atoms with Crippen LogP contribution in [0.5, 0.6) is 5.88 Å². The van der Waals surface area contributed by atoms with Crippen molar-refractivity contribution in [2.75, 3.05) is 5.73 Å². The molecule has 0 unspecified atom stereocenters. The molecular formula is C13H11BrN2O3. The predicted molar refractivity (Wildman–Crippen MR) is 74.1 cm³/mol. The monoisotopic (exact) mass is 322 g/mol. The second-order valence-electron chi connectivity index (χ2n) is 3.80. The first-order valence-electron chi connectivity index (χ1n) is 5.43. The molecule has 0 radical (unpaired) electrons. The Kier molecular flexibility index (Phi) is 4.01. The fourth-order valence-corrected chi connectivity index (χ4v) is 1.98. The maximum atomic E-state index is 10.9. The number of hydrogen-bond donors (Lipinski definition) is 2. The number of carboxylic acid groups (broad SMARTS) is 1. The minimum atomic E-state index is -1.10. The first kappa shape index (κ1) is 13.4. The lowest BCUT2D eigenvalue weighted by Crippen LogP contribution is -2.07. The van der Waals surface area contributed by atoms with E-state index in [0.29, 0.717) is 0 Å². The van der Waals surface area contributed by atoms with Crippen molar-refractivity contribution in [2.24, 2.45) is 0 Å².